The number of halogens is 1. The van der Waals surface area contributed by atoms with Gasteiger partial charge in [0.25, 0.3) is 0 Å². The van der Waals surface area contributed by atoms with E-state index in [1.54, 1.807) is 6.07 Å². The zero-order chi connectivity index (χ0) is 10.1. The first-order valence-corrected chi connectivity index (χ1v) is 4.78. The molecule has 0 spiro atoms. The molecule has 0 aliphatic heterocycles. The van der Waals surface area contributed by atoms with E-state index in [4.69, 9.17) is 5.53 Å². The molecule has 0 amide bonds. The van der Waals surface area contributed by atoms with Crippen molar-refractivity contribution in [2.45, 2.75) is 0 Å². The van der Waals surface area contributed by atoms with Crippen molar-refractivity contribution in [3.63, 3.8) is 0 Å². The average Bonchev–Trinajstić information content (AvgIpc) is 2.18. The summed E-state index contributed by atoms with van der Waals surface area (Å²) in [5.74, 6) is -0.0434. The molecule has 1 N–H and O–H groups in total. The summed E-state index contributed by atoms with van der Waals surface area (Å²) < 4.78 is 0.776. The van der Waals surface area contributed by atoms with E-state index in [1.807, 2.05) is 18.2 Å². The topological polar surface area (TPSA) is 54.9 Å². The molecule has 0 saturated heterocycles. The number of aromatic hydroxyl groups is 1. The Morgan fingerprint density at radius 2 is 1.86 bits per heavy atom. The summed E-state index contributed by atoms with van der Waals surface area (Å²) in [4.78, 5) is 0. The third-order valence-corrected chi connectivity index (χ3v) is 2.70. The van der Waals surface area contributed by atoms with E-state index in [9.17, 15) is 5.11 Å². The minimum atomic E-state index is -0.0434. The quantitative estimate of drug-likeness (QED) is 0.765. The van der Waals surface area contributed by atoms with Crippen molar-refractivity contribution in [3.8, 4) is 5.75 Å². The lowest BCUT2D eigenvalue weighted by atomic mass is 10.1. The van der Waals surface area contributed by atoms with Crippen LogP contribution in [-0.2, 0) is 0 Å². The van der Waals surface area contributed by atoms with Crippen molar-refractivity contribution in [1.82, 2.24) is 0 Å². The van der Waals surface area contributed by atoms with Crippen LogP contribution in [0.1, 0.15) is 0 Å². The number of benzene rings is 2. The van der Waals surface area contributed by atoms with Gasteiger partial charge in [-0.05, 0) is 11.5 Å². The molecule has 2 rings (SSSR count). The van der Waals surface area contributed by atoms with Crippen molar-refractivity contribution < 1.29 is 5.11 Å². The van der Waals surface area contributed by atoms with Crippen LogP contribution in [0.15, 0.2) is 39.9 Å². The molecule has 0 atom stereocenters. The van der Waals surface area contributed by atoms with Crippen molar-refractivity contribution in [2.75, 3.05) is 0 Å². The molecule has 70 valence electrons. The first-order chi connectivity index (χ1) is 6.74. The Morgan fingerprint density at radius 3 is 2.50 bits per heavy atom. The molecule has 4 heteroatoms. The molecule has 3 nitrogen and oxygen atoms in total. The maximum Gasteiger partial charge on any atom is 0.141 e. The van der Waals surface area contributed by atoms with Crippen molar-refractivity contribution in [1.29, 1.82) is 0 Å². The zero-order valence-corrected chi connectivity index (χ0v) is 8.69. The summed E-state index contributed by atoms with van der Waals surface area (Å²) in [6.45, 7) is 0. The molecule has 0 heterocycles. The average molecular weight is 250 g/mol. The van der Waals surface area contributed by atoms with Gasteiger partial charge in [0.05, 0.1) is 5.69 Å². The number of rotatable bonds is 1. The summed E-state index contributed by atoms with van der Waals surface area (Å²) in [5.41, 5.74) is 8.95. The van der Waals surface area contributed by atoms with E-state index in [2.05, 4.69) is 21.0 Å². The number of fused-ring (bicyclic) bond motifs is 1. The van der Waals surface area contributed by atoms with Crippen LogP contribution in [0.4, 0.5) is 5.69 Å². The molecule has 2 aromatic carbocycles. The van der Waals surface area contributed by atoms with Crippen LogP contribution in [0, 0.1) is 0 Å². The summed E-state index contributed by atoms with van der Waals surface area (Å²) in [5, 5.41) is 14.2. The lowest BCUT2D eigenvalue weighted by Gasteiger charge is -2.08. The van der Waals surface area contributed by atoms with Gasteiger partial charge in [0.2, 0.25) is 0 Å². The van der Waals surface area contributed by atoms with E-state index in [0.717, 1.165) is 9.86 Å². The van der Waals surface area contributed by atoms with Crippen LogP contribution in [0.25, 0.3) is 16.3 Å². The molecule has 14 heavy (non-hydrogen) atoms. The van der Waals surface area contributed by atoms with Crippen molar-refractivity contribution in [2.24, 2.45) is 5.11 Å². The second kappa shape index (κ2) is 3.38. The summed E-state index contributed by atoms with van der Waals surface area (Å²) in [7, 11) is 0. The third kappa shape index (κ3) is 1.28. The van der Waals surface area contributed by atoms with E-state index in [1.165, 1.54) is 6.07 Å². The number of hydrogen-bond acceptors (Lipinski definition) is 2. The van der Waals surface area contributed by atoms with E-state index in [0.29, 0.717) is 5.39 Å². The molecular weight excluding hydrogens is 244 g/mol. The monoisotopic (exact) mass is 249 g/mol. The van der Waals surface area contributed by atoms with Crippen LogP contribution < -0.4 is 0 Å². The van der Waals surface area contributed by atoms with Gasteiger partial charge >= 0.3 is 0 Å². The second-order valence-electron chi connectivity index (χ2n) is 2.87. The molecule has 0 aromatic heterocycles. The van der Waals surface area contributed by atoms with Crippen LogP contribution in [0.5, 0.6) is 5.75 Å². The maximum absolute atomic E-state index is 9.51. The van der Waals surface area contributed by atoms with Gasteiger partial charge in [-0.15, -0.1) is 0 Å². The molecule has 0 saturated carbocycles. The van der Waals surface area contributed by atoms with Crippen LogP contribution in [0.3, 0.4) is 0 Å². The number of phenolic OH excluding ortho intramolecular Hbond substituents is 1. The Morgan fingerprint density at radius 1 is 1.21 bits per heavy atom. The standard InChI is InChI=1S/C10H6BrN2O/c11-8-5-9(14)10(13-12)7-4-2-1-3-6(7)8/h1-5,14H/q-1. The fourth-order valence-corrected chi connectivity index (χ4v) is 1.97. The first kappa shape index (κ1) is 9.15. The van der Waals surface area contributed by atoms with E-state index < -0.39 is 0 Å². The lowest BCUT2D eigenvalue weighted by molar-refractivity contribution is 0.477. The van der Waals surface area contributed by atoms with Crippen molar-refractivity contribution >= 4 is 32.4 Å². The zero-order valence-electron chi connectivity index (χ0n) is 7.11. The van der Waals surface area contributed by atoms with Gasteiger partial charge in [-0.25, -0.2) is 0 Å². The summed E-state index contributed by atoms with van der Waals surface area (Å²) >= 11 is 3.33. The van der Waals surface area contributed by atoms with Crippen LogP contribution in [0.2, 0.25) is 0 Å². The Kier molecular flexibility index (Phi) is 2.21. The Hall–Kier alpha value is -1.42. The highest BCUT2D eigenvalue weighted by Crippen LogP contribution is 2.39. The fourth-order valence-electron chi connectivity index (χ4n) is 1.41. The van der Waals surface area contributed by atoms with Crippen LogP contribution >= 0.6 is 15.9 Å². The highest BCUT2D eigenvalue weighted by atomic mass is 79.9. The van der Waals surface area contributed by atoms with Crippen molar-refractivity contribution in [3.05, 3.63) is 40.3 Å². The highest BCUT2D eigenvalue weighted by molar-refractivity contribution is 9.10. The lowest BCUT2D eigenvalue weighted by Crippen LogP contribution is -1.76. The first-order valence-electron chi connectivity index (χ1n) is 3.99. The third-order valence-electron chi connectivity index (χ3n) is 2.05. The molecule has 0 bridgehead atoms. The Balaban J connectivity index is 2.97. The second-order valence-corrected chi connectivity index (χ2v) is 3.73. The smallest absolute Gasteiger partial charge is 0.141 e. The SMILES string of the molecule is [N-]=Nc1c(O)cc(Br)c2ccccc12. The number of nitrogens with zero attached hydrogens (tertiary/aromatic N) is 2. The van der Waals surface area contributed by atoms with Gasteiger partial charge in [-0.1, -0.05) is 40.2 Å². The molecule has 0 aliphatic carbocycles. The molecule has 0 aliphatic rings. The van der Waals surface area contributed by atoms with Gasteiger partial charge in [0.1, 0.15) is 5.75 Å². The van der Waals surface area contributed by atoms with E-state index >= 15 is 0 Å². The van der Waals surface area contributed by atoms with Crippen LogP contribution in [-0.4, -0.2) is 5.11 Å². The number of hydrogen-bond donors (Lipinski definition) is 1. The summed E-state index contributed by atoms with van der Waals surface area (Å²) in [6, 6.07) is 8.88. The molecule has 0 radical (unpaired) electrons. The van der Waals surface area contributed by atoms with Gasteiger partial charge in [-0.3, -0.25) is 0 Å². The highest BCUT2D eigenvalue weighted by Gasteiger charge is 2.06. The number of phenols is 1. The van der Waals surface area contributed by atoms with Gasteiger partial charge in [-0.2, -0.15) is 0 Å². The maximum atomic E-state index is 9.51. The largest absolute Gasteiger partial charge is 0.706 e. The van der Waals surface area contributed by atoms with Gasteiger partial charge in [0.15, 0.2) is 0 Å². The summed E-state index contributed by atoms with van der Waals surface area (Å²) in [6.07, 6.45) is 0. The fraction of sp³-hybridized carbons (Fsp3) is 0. The predicted octanol–water partition coefficient (Wildman–Crippen LogP) is 3.96. The van der Waals surface area contributed by atoms with E-state index in [-0.39, 0.29) is 11.4 Å². The minimum Gasteiger partial charge on any atom is -0.706 e. The predicted molar refractivity (Wildman–Crippen MR) is 58.8 cm³/mol. The molecule has 2 aromatic rings. The minimum absolute atomic E-state index is 0.0434. The molecular formula is C10H6BrN2O-. The molecule has 0 unspecified atom stereocenters. The Bertz CT molecular complexity index is 511. The van der Waals surface area contributed by atoms with Gasteiger partial charge < -0.3 is 15.8 Å². The molecule has 0 fully saturated rings. The normalized spacial score (nSPS) is 10.4. The van der Waals surface area contributed by atoms with Gasteiger partial charge in [0, 0.05) is 9.86 Å². The Labute approximate surface area is 89.0 Å².